The van der Waals surface area contributed by atoms with E-state index in [1.807, 2.05) is 54.6 Å². The fraction of sp³-hybridized carbons (Fsp3) is 0.432. The Hall–Kier alpha value is -3.38. The SMILES string of the molecule is CC[C@H](C)CCCC1(C(=O)c2[nH]c3ccc(NS(=O)(=O)C4=CCC(C)(C(C)(C)C)C=C4)cc3c2-c2ccccc2)C=CC1. The van der Waals surface area contributed by atoms with Gasteiger partial charge in [-0.2, -0.15) is 0 Å². The number of nitrogens with one attached hydrogen (secondary N) is 2. The second kappa shape index (κ2) is 11.6. The van der Waals surface area contributed by atoms with E-state index in [0.717, 1.165) is 54.1 Å². The highest BCUT2D eigenvalue weighted by molar-refractivity contribution is 7.96. The number of ketones is 1. The molecule has 1 aromatic heterocycles. The smallest absolute Gasteiger partial charge is 0.261 e. The predicted molar refractivity (Wildman–Crippen MR) is 180 cm³/mol. The first-order chi connectivity index (χ1) is 20.3. The van der Waals surface area contributed by atoms with Crippen LogP contribution < -0.4 is 4.72 Å². The van der Waals surface area contributed by atoms with Gasteiger partial charge in [-0.15, -0.1) is 0 Å². The minimum Gasteiger partial charge on any atom is -0.352 e. The van der Waals surface area contributed by atoms with Crippen LogP contribution in [0.3, 0.4) is 0 Å². The maximum Gasteiger partial charge on any atom is 0.261 e. The lowest BCUT2D eigenvalue weighted by Crippen LogP contribution is -2.34. The second-order valence-corrected chi connectivity index (χ2v) is 15.6. The Kier molecular flexibility index (Phi) is 8.38. The number of aromatic nitrogens is 1. The molecule has 2 aromatic carbocycles. The number of Topliss-reactive ketones (excluding diaryl/α,β-unsaturated/α-hetero) is 1. The lowest BCUT2D eigenvalue weighted by molar-refractivity contribution is 0.0813. The highest BCUT2D eigenvalue weighted by atomic mass is 32.2. The summed E-state index contributed by atoms with van der Waals surface area (Å²) in [7, 11) is -3.79. The molecule has 1 heterocycles. The van der Waals surface area contributed by atoms with Gasteiger partial charge < -0.3 is 4.98 Å². The van der Waals surface area contributed by atoms with E-state index < -0.39 is 15.4 Å². The zero-order chi connectivity index (χ0) is 31.0. The lowest BCUT2D eigenvalue weighted by Gasteiger charge is -2.40. The molecule has 0 radical (unpaired) electrons. The minimum absolute atomic E-state index is 0.00675. The fourth-order valence-electron chi connectivity index (χ4n) is 6.10. The summed E-state index contributed by atoms with van der Waals surface area (Å²) in [5.41, 5.74) is 3.00. The Morgan fingerprint density at radius 3 is 2.37 bits per heavy atom. The highest BCUT2D eigenvalue weighted by Gasteiger charge is 2.41. The van der Waals surface area contributed by atoms with Crippen LogP contribution in [0.2, 0.25) is 0 Å². The van der Waals surface area contributed by atoms with E-state index in [-0.39, 0.29) is 21.5 Å². The number of aromatic amines is 1. The standard InChI is InChI=1S/C37H46N2O3S/c1-7-26(2)13-11-20-37(21-12-22-37)34(40)33-32(27-14-9-8-10-15-27)30-25-28(16-17-31(30)38-33)39-43(41,42)29-18-23-36(6,24-19-29)35(3,4)5/h8-10,12,14-19,21,23,25-26,38-39H,7,11,13,20,22,24H2,1-6H3/t26-,36?,37?/m0/s1. The summed E-state index contributed by atoms with van der Waals surface area (Å²) in [6.45, 7) is 13.2. The van der Waals surface area contributed by atoms with Crippen molar-refractivity contribution < 1.29 is 13.2 Å². The topological polar surface area (TPSA) is 79.0 Å². The van der Waals surface area contributed by atoms with Crippen LogP contribution in [0.25, 0.3) is 22.0 Å². The van der Waals surface area contributed by atoms with Crippen molar-refractivity contribution in [2.75, 3.05) is 4.72 Å². The van der Waals surface area contributed by atoms with Crippen LogP contribution in [0, 0.1) is 22.2 Å². The normalized spacial score (nSPS) is 22.7. The number of allylic oxidation sites excluding steroid dienone is 5. The maximum atomic E-state index is 14.3. The third kappa shape index (κ3) is 6.04. The molecule has 2 aliphatic rings. The number of rotatable bonds is 11. The summed E-state index contributed by atoms with van der Waals surface area (Å²) in [5.74, 6) is 0.755. The number of carbonyl (C=O) groups excluding carboxylic acids is 1. The molecule has 5 nitrogen and oxygen atoms in total. The number of H-pyrrole nitrogens is 1. The lowest BCUT2D eigenvalue weighted by atomic mass is 9.65. The van der Waals surface area contributed by atoms with Crippen LogP contribution in [0.5, 0.6) is 0 Å². The first-order valence-electron chi connectivity index (χ1n) is 15.6. The van der Waals surface area contributed by atoms with E-state index in [1.165, 1.54) is 0 Å². The first kappa shape index (κ1) is 31.1. The van der Waals surface area contributed by atoms with Crippen LogP contribution in [0.1, 0.15) is 90.6 Å². The van der Waals surface area contributed by atoms with Crippen molar-refractivity contribution in [1.29, 1.82) is 0 Å². The molecule has 2 aliphatic carbocycles. The van der Waals surface area contributed by atoms with E-state index in [2.05, 4.69) is 63.4 Å². The van der Waals surface area contributed by atoms with Crippen molar-refractivity contribution >= 4 is 32.4 Å². The van der Waals surface area contributed by atoms with Crippen molar-refractivity contribution in [2.45, 2.75) is 80.1 Å². The fourth-order valence-corrected chi connectivity index (χ4v) is 7.21. The van der Waals surface area contributed by atoms with Gasteiger partial charge in [-0.3, -0.25) is 9.52 Å². The maximum absolute atomic E-state index is 14.3. The van der Waals surface area contributed by atoms with Crippen molar-refractivity contribution in [2.24, 2.45) is 22.2 Å². The Morgan fingerprint density at radius 2 is 1.79 bits per heavy atom. The average Bonchev–Trinajstić information content (AvgIpc) is 3.32. The molecule has 0 fully saturated rings. The molecule has 228 valence electrons. The molecule has 0 bridgehead atoms. The molecule has 5 rings (SSSR count). The number of sulfonamides is 1. The van der Waals surface area contributed by atoms with Gasteiger partial charge in [-0.05, 0) is 65.8 Å². The molecular formula is C37H46N2O3S. The molecule has 2 N–H and O–H groups in total. The van der Waals surface area contributed by atoms with Gasteiger partial charge in [0.2, 0.25) is 0 Å². The summed E-state index contributed by atoms with van der Waals surface area (Å²) in [4.78, 5) is 18.0. The number of fused-ring (bicyclic) bond motifs is 1. The number of carbonyl (C=O) groups is 1. The molecule has 3 atom stereocenters. The Labute approximate surface area is 257 Å². The molecule has 0 aliphatic heterocycles. The van der Waals surface area contributed by atoms with Crippen LogP contribution >= 0.6 is 0 Å². The van der Waals surface area contributed by atoms with E-state index in [0.29, 0.717) is 23.7 Å². The summed E-state index contributed by atoms with van der Waals surface area (Å²) >= 11 is 0. The number of benzene rings is 2. The zero-order valence-electron chi connectivity index (χ0n) is 26.5. The van der Waals surface area contributed by atoms with Crippen LogP contribution in [0.4, 0.5) is 5.69 Å². The van der Waals surface area contributed by atoms with Crippen LogP contribution in [-0.4, -0.2) is 19.2 Å². The summed E-state index contributed by atoms with van der Waals surface area (Å²) in [6.07, 6.45) is 15.3. The van der Waals surface area contributed by atoms with Gasteiger partial charge in [0.05, 0.1) is 16.0 Å². The van der Waals surface area contributed by atoms with Gasteiger partial charge in [-0.25, -0.2) is 8.42 Å². The van der Waals surface area contributed by atoms with E-state index >= 15 is 0 Å². The molecular weight excluding hydrogens is 552 g/mol. The average molecular weight is 599 g/mol. The highest BCUT2D eigenvalue weighted by Crippen LogP contribution is 2.47. The zero-order valence-corrected chi connectivity index (χ0v) is 27.3. The van der Waals surface area contributed by atoms with Gasteiger partial charge in [0, 0.05) is 22.2 Å². The molecule has 6 heteroatoms. The molecule has 3 aromatic rings. The third-order valence-corrected chi connectivity index (χ3v) is 11.5. The number of hydrogen-bond acceptors (Lipinski definition) is 3. The monoisotopic (exact) mass is 598 g/mol. The first-order valence-corrected chi connectivity index (χ1v) is 17.1. The van der Waals surface area contributed by atoms with Gasteiger partial charge in [-0.1, -0.05) is 115 Å². The third-order valence-electron chi connectivity index (χ3n) is 10.1. The molecule has 2 unspecified atom stereocenters. The van der Waals surface area contributed by atoms with Crippen LogP contribution in [0.15, 0.2) is 83.8 Å². The molecule has 0 saturated heterocycles. The van der Waals surface area contributed by atoms with E-state index in [4.69, 9.17) is 0 Å². The molecule has 43 heavy (non-hydrogen) atoms. The van der Waals surface area contributed by atoms with Crippen molar-refractivity contribution in [3.8, 4) is 11.1 Å². The second-order valence-electron chi connectivity index (χ2n) is 13.9. The summed E-state index contributed by atoms with van der Waals surface area (Å²) in [5, 5.41) is 0.821. The van der Waals surface area contributed by atoms with Gasteiger partial charge >= 0.3 is 0 Å². The Balaban J connectivity index is 1.49. The summed E-state index contributed by atoms with van der Waals surface area (Å²) < 4.78 is 29.7. The minimum atomic E-state index is -3.79. The quantitative estimate of drug-likeness (QED) is 0.170. The number of hydrogen-bond donors (Lipinski definition) is 2. The van der Waals surface area contributed by atoms with E-state index in [1.54, 1.807) is 12.1 Å². The Morgan fingerprint density at radius 1 is 1.07 bits per heavy atom. The van der Waals surface area contributed by atoms with Crippen molar-refractivity contribution in [3.05, 3.63) is 89.5 Å². The largest absolute Gasteiger partial charge is 0.352 e. The van der Waals surface area contributed by atoms with E-state index in [9.17, 15) is 13.2 Å². The summed E-state index contributed by atoms with van der Waals surface area (Å²) in [6, 6.07) is 15.4. The van der Waals surface area contributed by atoms with Crippen molar-refractivity contribution in [3.63, 3.8) is 0 Å². The van der Waals surface area contributed by atoms with Gasteiger partial charge in [0.1, 0.15) is 0 Å². The van der Waals surface area contributed by atoms with Gasteiger partial charge in [0.25, 0.3) is 10.0 Å². The molecule has 0 amide bonds. The predicted octanol–water partition coefficient (Wildman–Crippen LogP) is 9.82. The number of anilines is 1. The Bertz CT molecular complexity index is 1710. The van der Waals surface area contributed by atoms with Gasteiger partial charge in [0.15, 0.2) is 5.78 Å². The van der Waals surface area contributed by atoms with Crippen molar-refractivity contribution in [1.82, 2.24) is 4.98 Å². The molecule has 0 spiro atoms. The molecule has 0 saturated carbocycles. The van der Waals surface area contributed by atoms with Crippen LogP contribution in [-0.2, 0) is 10.0 Å².